The van der Waals surface area contributed by atoms with Crippen molar-refractivity contribution in [1.29, 1.82) is 0 Å². The second-order valence-corrected chi connectivity index (χ2v) is 5.94. The fourth-order valence-corrected chi connectivity index (χ4v) is 3.21. The maximum absolute atomic E-state index is 12.9. The molecule has 0 bridgehead atoms. The number of aromatic nitrogens is 2. The van der Waals surface area contributed by atoms with Crippen LogP contribution in [-0.2, 0) is 6.18 Å². The van der Waals surface area contributed by atoms with Crippen LogP contribution < -0.4 is 10.2 Å². The molecule has 1 aliphatic heterocycles. The molecule has 0 aromatic carbocycles. The summed E-state index contributed by atoms with van der Waals surface area (Å²) >= 11 is 1.86. The summed E-state index contributed by atoms with van der Waals surface area (Å²) in [7, 11) is 1.51. The molecular weight excluding hydrogens is 289 g/mol. The molecule has 0 amide bonds. The lowest BCUT2D eigenvalue weighted by molar-refractivity contribution is -0.141. The molecule has 1 unspecified atom stereocenters. The van der Waals surface area contributed by atoms with Gasteiger partial charge in [0.05, 0.1) is 0 Å². The van der Waals surface area contributed by atoms with Crippen molar-refractivity contribution in [3.63, 3.8) is 0 Å². The topological polar surface area (TPSA) is 41.1 Å². The van der Waals surface area contributed by atoms with Gasteiger partial charge in [0.1, 0.15) is 5.82 Å². The fourth-order valence-electron chi connectivity index (χ4n) is 2.03. The van der Waals surface area contributed by atoms with Gasteiger partial charge in [-0.15, -0.1) is 0 Å². The zero-order valence-electron chi connectivity index (χ0n) is 11.4. The smallest absolute Gasteiger partial charge is 0.357 e. The van der Waals surface area contributed by atoms with Crippen LogP contribution in [-0.4, -0.2) is 41.1 Å². The Morgan fingerprint density at radius 1 is 1.45 bits per heavy atom. The van der Waals surface area contributed by atoms with Crippen LogP contribution in [0.5, 0.6) is 0 Å². The van der Waals surface area contributed by atoms with E-state index in [1.54, 1.807) is 0 Å². The van der Waals surface area contributed by atoms with Crippen LogP contribution in [0.15, 0.2) is 6.07 Å². The van der Waals surface area contributed by atoms with E-state index in [-0.39, 0.29) is 5.95 Å². The first-order valence-electron chi connectivity index (χ1n) is 6.44. The van der Waals surface area contributed by atoms with E-state index in [1.165, 1.54) is 7.05 Å². The SMILES string of the molecule is CCC1CN(c2cc(C(F)(F)F)nc(NC)n2)CCS1. The van der Waals surface area contributed by atoms with Gasteiger partial charge >= 0.3 is 6.18 Å². The van der Waals surface area contributed by atoms with Crippen LogP contribution in [0.4, 0.5) is 24.9 Å². The van der Waals surface area contributed by atoms with Crippen molar-refractivity contribution in [2.45, 2.75) is 24.8 Å². The van der Waals surface area contributed by atoms with Crippen molar-refractivity contribution in [3.8, 4) is 0 Å². The van der Waals surface area contributed by atoms with E-state index < -0.39 is 11.9 Å². The first-order valence-corrected chi connectivity index (χ1v) is 7.49. The molecule has 1 saturated heterocycles. The van der Waals surface area contributed by atoms with Crippen LogP contribution in [0, 0.1) is 0 Å². The predicted octanol–water partition coefficient (Wildman–Crippen LogP) is 2.87. The Labute approximate surface area is 120 Å². The lowest BCUT2D eigenvalue weighted by Crippen LogP contribution is -2.38. The van der Waals surface area contributed by atoms with Crippen molar-refractivity contribution in [3.05, 3.63) is 11.8 Å². The largest absolute Gasteiger partial charge is 0.433 e. The summed E-state index contributed by atoms with van der Waals surface area (Å²) in [5, 5.41) is 3.03. The highest BCUT2D eigenvalue weighted by molar-refractivity contribution is 8.00. The summed E-state index contributed by atoms with van der Waals surface area (Å²) in [6.45, 7) is 3.51. The molecule has 0 radical (unpaired) electrons. The number of halogens is 3. The standard InChI is InChI=1S/C12H17F3N4S/c1-3-8-7-19(4-5-20-8)10-6-9(12(13,14)15)17-11(16-2)18-10/h6,8H,3-5,7H2,1-2H3,(H,16,17,18). The number of thioether (sulfide) groups is 1. The summed E-state index contributed by atoms with van der Waals surface area (Å²) in [4.78, 5) is 9.54. The minimum absolute atomic E-state index is 0.00102. The number of rotatable bonds is 3. The van der Waals surface area contributed by atoms with Gasteiger partial charge in [-0.3, -0.25) is 0 Å². The molecule has 0 aliphatic carbocycles. The van der Waals surface area contributed by atoms with E-state index in [9.17, 15) is 13.2 Å². The van der Waals surface area contributed by atoms with Gasteiger partial charge in [-0.25, -0.2) is 4.98 Å². The third kappa shape index (κ3) is 3.47. The van der Waals surface area contributed by atoms with Crippen LogP contribution in [0.25, 0.3) is 0 Å². The van der Waals surface area contributed by atoms with Crippen molar-refractivity contribution in [2.24, 2.45) is 0 Å². The van der Waals surface area contributed by atoms with Crippen molar-refractivity contribution >= 4 is 23.5 Å². The van der Waals surface area contributed by atoms with Gasteiger partial charge in [0, 0.05) is 37.2 Å². The highest BCUT2D eigenvalue weighted by Crippen LogP contribution is 2.32. The molecular formula is C12H17F3N4S. The predicted molar refractivity (Wildman–Crippen MR) is 75.3 cm³/mol. The first-order chi connectivity index (χ1) is 9.44. The van der Waals surface area contributed by atoms with Crippen LogP contribution in [0.2, 0.25) is 0 Å². The van der Waals surface area contributed by atoms with E-state index in [0.29, 0.717) is 17.6 Å². The maximum atomic E-state index is 12.9. The van der Waals surface area contributed by atoms with Crippen LogP contribution in [0.3, 0.4) is 0 Å². The number of alkyl halides is 3. The van der Waals surface area contributed by atoms with Gasteiger partial charge in [0.25, 0.3) is 0 Å². The Kier molecular flexibility index (Phi) is 4.62. The minimum atomic E-state index is -4.46. The normalized spacial score (nSPS) is 20.1. The van der Waals surface area contributed by atoms with Gasteiger partial charge in [0.2, 0.25) is 5.95 Å². The molecule has 1 N–H and O–H groups in total. The van der Waals surface area contributed by atoms with Crippen molar-refractivity contribution in [2.75, 3.05) is 36.1 Å². The third-order valence-corrected chi connectivity index (χ3v) is 4.52. The zero-order valence-corrected chi connectivity index (χ0v) is 12.2. The Balaban J connectivity index is 2.30. The van der Waals surface area contributed by atoms with Gasteiger partial charge in [-0.2, -0.15) is 29.9 Å². The number of nitrogens with zero attached hydrogens (tertiary/aromatic N) is 3. The fraction of sp³-hybridized carbons (Fsp3) is 0.667. The molecule has 112 valence electrons. The Morgan fingerprint density at radius 2 is 2.20 bits per heavy atom. The molecule has 4 nitrogen and oxygen atoms in total. The lowest BCUT2D eigenvalue weighted by atomic mass is 10.3. The molecule has 0 saturated carbocycles. The Hall–Kier alpha value is -1.18. The zero-order chi connectivity index (χ0) is 14.8. The maximum Gasteiger partial charge on any atom is 0.433 e. The summed E-state index contributed by atoms with van der Waals surface area (Å²) in [5.74, 6) is 1.25. The highest BCUT2D eigenvalue weighted by Gasteiger charge is 2.34. The number of hydrogen-bond acceptors (Lipinski definition) is 5. The van der Waals surface area contributed by atoms with E-state index in [2.05, 4.69) is 22.2 Å². The van der Waals surface area contributed by atoms with Crippen LogP contribution >= 0.6 is 11.8 Å². The van der Waals surface area contributed by atoms with E-state index in [1.807, 2.05) is 16.7 Å². The van der Waals surface area contributed by atoms with Crippen molar-refractivity contribution < 1.29 is 13.2 Å². The second kappa shape index (κ2) is 6.07. The third-order valence-electron chi connectivity index (χ3n) is 3.14. The number of nitrogens with one attached hydrogen (secondary N) is 1. The number of hydrogen-bond donors (Lipinski definition) is 1. The molecule has 0 spiro atoms. The molecule has 1 aromatic heterocycles. The molecule has 2 heterocycles. The van der Waals surface area contributed by atoms with E-state index in [0.717, 1.165) is 24.8 Å². The molecule has 2 rings (SSSR count). The average molecular weight is 306 g/mol. The second-order valence-electron chi connectivity index (χ2n) is 4.53. The molecule has 1 atom stereocenters. The first kappa shape index (κ1) is 15.2. The summed E-state index contributed by atoms with van der Waals surface area (Å²) in [6, 6.07) is 1.03. The summed E-state index contributed by atoms with van der Waals surface area (Å²) < 4.78 is 38.6. The van der Waals surface area contributed by atoms with Gasteiger partial charge in [0.15, 0.2) is 5.69 Å². The van der Waals surface area contributed by atoms with Gasteiger partial charge < -0.3 is 10.2 Å². The average Bonchev–Trinajstić information content (AvgIpc) is 2.46. The summed E-state index contributed by atoms with van der Waals surface area (Å²) in [6.07, 6.45) is -3.46. The Bertz CT molecular complexity index is 467. The van der Waals surface area contributed by atoms with E-state index >= 15 is 0 Å². The minimum Gasteiger partial charge on any atom is -0.357 e. The lowest BCUT2D eigenvalue weighted by Gasteiger charge is -2.33. The molecule has 1 aromatic rings. The van der Waals surface area contributed by atoms with Crippen LogP contribution in [0.1, 0.15) is 19.0 Å². The van der Waals surface area contributed by atoms with Gasteiger partial charge in [-0.1, -0.05) is 6.92 Å². The summed E-state index contributed by atoms with van der Waals surface area (Å²) in [5.41, 5.74) is -0.905. The van der Waals surface area contributed by atoms with E-state index in [4.69, 9.17) is 0 Å². The highest BCUT2D eigenvalue weighted by atomic mass is 32.2. The quantitative estimate of drug-likeness (QED) is 0.930. The van der Waals surface area contributed by atoms with Crippen molar-refractivity contribution in [1.82, 2.24) is 9.97 Å². The molecule has 1 fully saturated rings. The molecule has 1 aliphatic rings. The monoisotopic (exact) mass is 306 g/mol. The Morgan fingerprint density at radius 3 is 2.80 bits per heavy atom. The van der Waals surface area contributed by atoms with Gasteiger partial charge in [-0.05, 0) is 6.42 Å². The molecule has 20 heavy (non-hydrogen) atoms. The number of anilines is 2. The molecule has 8 heteroatoms.